The first-order valence-electron chi connectivity index (χ1n) is 8.97. The summed E-state index contributed by atoms with van der Waals surface area (Å²) in [6.07, 6.45) is 7.81. The summed E-state index contributed by atoms with van der Waals surface area (Å²) in [5.74, 6) is 1.43. The van der Waals surface area contributed by atoms with Gasteiger partial charge in [0.05, 0.1) is 5.54 Å². The number of nitrogens with two attached hydrogens (primary N) is 1. The summed E-state index contributed by atoms with van der Waals surface area (Å²) >= 11 is 0. The summed E-state index contributed by atoms with van der Waals surface area (Å²) < 4.78 is 0. The molecular weight excluding hydrogens is 282 g/mol. The highest BCUT2D eigenvalue weighted by molar-refractivity contribution is 5.93. The smallest absolute Gasteiger partial charge is 0.193 e. The van der Waals surface area contributed by atoms with Gasteiger partial charge in [0.15, 0.2) is 5.96 Å². The minimum atomic E-state index is 0.0721. The van der Waals surface area contributed by atoms with E-state index in [9.17, 15) is 0 Å². The number of hydrogen-bond acceptors (Lipinski definition) is 1. The van der Waals surface area contributed by atoms with Gasteiger partial charge in [-0.05, 0) is 73.8 Å². The fraction of sp³-hybridized carbons (Fsp3) is 0.650. The molecule has 0 saturated heterocycles. The minimum Gasteiger partial charge on any atom is -0.370 e. The van der Waals surface area contributed by atoms with Gasteiger partial charge in [-0.3, -0.25) is 0 Å². The number of nitrogens with one attached hydrogen (secondary N) is 1. The fourth-order valence-electron chi connectivity index (χ4n) is 6.65. The first-order valence-corrected chi connectivity index (χ1v) is 8.97. The van der Waals surface area contributed by atoms with Crippen LogP contribution >= 0.6 is 0 Å². The first kappa shape index (κ1) is 15.0. The largest absolute Gasteiger partial charge is 0.370 e. The van der Waals surface area contributed by atoms with Crippen LogP contribution in [-0.4, -0.2) is 11.5 Å². The average Bonchev–Trinajstić information content (AvgIpc) is 2.36. The van der Waals surface area contributed by atoms with E-state index < -0.39 is 0 Å². The molecule has 4 aliphatic rings. The molecule has 4 saturated carbocycles. The van der Waals surface area contributed by atoms with E-state index in [1.54, 1.807) is 0 Å². The summed E-state index contributed by atoms with van der Waals surface area (Å²) in [5, 5.41) is 3.34. The van der Waals surface area contributed by atoms with Crippen LogP contribution in [0.5, 0.6) is 0 Å². The topological polar surface area (TPSA) is 50.4 Å². The number of para-hydroxylation sites is 1. The maximum atomic E-state index is 6.32. The van der Waals surface area contributed by atoms with Crippen LogP contribution in [0.4, 0.5) is 5.69 Å². The average molecular weight is 311 g/mol. The van der Waals surface area contributed by atoms with E-state index in [0.717, 1.165) is 11.6 Å². The highest BCUT2D eigenvalue weighted by atomic mass is 15.1. The maximum absolute atomic E-state index is 6.32. The van der Waals surface area contributed by atoms with E-state index in [2.05, 4.69) is 44.3 Å². The molecule has 4 fully saturated rings. The lowest BCUT2D eigenvalue weighted by atomic mass is 9.43. The molecular formula is C20H29N3. The molecule has 1 aromatic rings. The second kappa shape index (κ2) is 4.75. The number of guanidine groups is 1. The molecule has 4 bridgehead atoms. The van der Waals surface area contributed by atoms with Crippen LogP contribution in [0.2, 0.25) is 0 Å². The van der Waals surface area contributed by atoms with Crippen molar-refractivity contribution < 1.29 is 0 Å². The van der Waals surface area contributed by atoms with Crippen LogP contribution in [0.3, 0.4) is 0 Å². The second-order valence-electron chi connectivity index (χ2n) is 9.29. The summed E-state index contributed by atoms with van der Waals surface area (Å²) in [4.78, 5) is 5.08. The molecule has 23 heavy (non-hydrogen) atoms. The summed E-state index contributed by atoms with van der Waals surface area (Å²) in [6.45, 7) is 7.05. The highest BCUT2D eigenvalue weighted by Crippen LogP contribution is 2.67. The Labute approximate surface area is 139 Å². The van der Waals surface area contributed by atoms with E-state index in [1.165, 1.54) is 44.1 Å². The van der Waals surface area contributed by atoms with Crippen molar-refractivity contribution in [2.75, 3.05) is 5.32 Å². The van der Waals surface area contributed by atoms with E-state index in [4.69, 9.17) is 10.7 Å². The monoisotopic (exact) mass is 311 g/mol. The Morgan fingerprint density at radius 1 is 1.09 bits per heavy atom. The van der Waals surface area contributed by atoms with Crippen molar-refractivity contribution >= 4 is 11.6 Å². The van der Waals surface area contributed by atoms with Crippen LogP contribution in [-0.2, 0) is 0 Å². The summed E-state index contributed by atoms with van der Waals surface area (Å²) in [6, 6.07) is 8.26. The van der Waals surface area contributed by atoms with Gasteiger partial charge in [-0.25, -0.2) is 4.99 Å². The molecule has 3 nitrogen and oxygen atoms in total. The van der Waals surface area contributed by atoms with Crippen molar-refractivity contribution in [3.63, 3.8) is 0 Å². The predicted octanol–water partition coefficient (Wildman–Crippen LogP) is 4.47. The van der Waals surface area contributed by atoms with Crippen molar-refractivity contribution in [3.05, 3.63) is 29.8 Å². The SMILES string of the molecule is Cc1ccccc1NC(N)=NC12CC3CC(C)(CC(C)(C3)C1)C2. The lowest BCUT2D eigenvalue weighted by molar-refractivity contribution is -0.104. The quantitative estimate of drug-likeness (QED) is 0.625. The molecule has 0 amide bonds. The molecule has 5 rings (SSSR count). The molecule has 3 heteroatoms. The van der Waals surface area contributed by atoms with Gasteiger partial charge in [-0.1, -0.05) is 32.0 Å². The Bertz CT molecular complexity index is 645. The third-order valence-corrected chi connectivity index (χ3v) is 6.36. The van der Waals surface area contributed by atoms with E-state index >= 15 is 0 Å². The van der Waals surface area contributed by atoms with Crippen molar-refractivity contribution in [3.8, 4) is 0 Å². The van der Waals surface area contributed by atoms with Crippen molar-refractivity contribution in [2.24, 2.45) is 27.5 Å². The Hall–Kier alpha value is -1.51. The molecule has 0 aromatic heterocycles. The van der Waals surface area contributed by atoms with Crippen LogP contribution in [0.25, 0.3) is 0 Å². The van der Waals surface area contributed by atoms with Crippen molar-refractivity contribution in [1.29, 1.82) is 0 Å². The molecule has 0 spiro atoms. The van der Waals surface area contributed by atoms with Crippen molar-refractivity contribution in [2.45, 2.75) is 64.8 Å². The van der Waals surface area contributed by atoms with Gasteiger partial charge in [-0.2, -0.15) is 0 Å². The molecule has 0 aliphatic heterocycles. The van der Waals surface area contributed by atoms with Gasteiger partial charge in [0.25, 0.3) is 0 Å². The number of anilines is 1. The number of rotatable bonds is 2. The number of nitrogens with zero attached hydrogens (tertiary/aromatic N) is 1. The van der Waals surface area contributed by atoms with Gasteiger partial charge in [0.2, 0.25) is 0 Å². The molecule has 124 valence electrons. The number of aryl methyl sites for hydroxylation is 1. The lowest BCUT2D eigenvalue weighted by Gasteiger charge is -2.64. The molecule has 0 radical (unpaired) electrons. The van der Waals surface area contributed by atoms with Gasteiger partial charge in [0.1, 0.15) is 0 Å². The normalized spacial score (nSPS) is 42.0. The van der Waals surface area contributed by atoms with Crippen LogP contribution in [0.1, 0.15) is 57.9 Å². The fourth-order valence-corrected chi connectivity index (χ4v) is 6.65. The zero-order valence-corrected chi connectivity index (χ0v) is 14.7. The second-order valence-corrected chi connectivity index (χ2v) is 9.29. The Morgan fingerprint density at radius 3 is 2.35 bits per heavy atom. The van der Waals surface area contributed by atoms with Gasteiger partial charge in [0, 0.05) is 5.69 Å². The van der Waals surface area contributed by atoms with Crippen LogP contribution in [0.15, 0.2) is 29.3 Å². The third-order valence-electron chi connectivity index (χ3n) is 6.36. The highest BCUT2D eigenvalue weighted by Gasteiger charge is 2.60. The van der Waals surface area contributed by atoms with E-state index in [1.807, 2.05) is 6.07 Å². The van der Waals surface area contributed by atoms with Gasteiger partial charge in [-0.15, -0.1) is 0 Å². The Kier molecular flexibility index (Phi) is 3.11. The molecule has 4 aliphatic carbocycles. The Morgan fingerprint density at radius 2 is 1.74 bits per heavy atom. The maximum Gasteiger partial charge on any atom is 0.193 e. The number of benzene rings is 1. The van der Waals surface area contributed by atoms with Gasteiger partial charge < -0.3 is 11.1 Å². The minimum absolute atomic E-state index is 0.0721. The van der Waals surface area contributed by atoms with E-state index in [-0.39, 0.29) is 5.54 Å². The standard InChI is InChI=1S/C20H29N3/c1-14-6-4-5-7-16(14)22-17(21)23-20-10-15-8-18(2,12-20)11-19(3,9-15)13-20/h4-7,15H,8-13H2,1-3H3,(H3,21,22,23). The third kappa shape index (κ3) is 2.64. The molecule has 0 heterocycles. The van der Waals surface area contributed by atoms with Crippen molar-refractivity contribution in [1.82, 2.24) is 0 Å². The molecule has 2 unspecified atom stereocenters. The molecule has 2 atom stereocenters. The molecule has 1 aromatic carbocycles. The number of aliphatic imine (C=N–C) groups is 1. The summed E-state index contributed by atoms with van der Waals surface area (Å²) in [7, 11) is 0. The Balaban J connectivity index is 1.61. The zero-order valence-electron chi connectivity index (χ0n) is 14.7. The first-order chi connectivity index (χ1) is 10.8. The van der Waals surface area contributed by atoms with Crippen LogP contribution in [0, 0.1) is 23.7 Å². The van der Waals surface area contributed by atoms with E-state index in [0.29, 0.717) is 16.8 Å². The summed E-state index contributed by atoms with van der Waals surface area (Å²) in [5.41, 5.74) is 9.61. The zero-order chi connectivity index (χ0) is 16.3. The predicted molar refractivity (Wildman–Crippen MR) is 96.6 cm³/mol. The lowest BCUT2D eigenvalue weighted by Crippen LogP contribution is -2.58. The molecule has 3 N–H and O–H groups in total. The van der Waals surface area contributed by atoms with Gasteiger partial charge >= 0.3 is 0 Å². The van der Waals surface area contributed by atoms with Crippen LogP contribution < -0.4 is 11.1 Å². The number of hydrogen-bond donors (Lipinski definition) is 2.